The van der Waals surface area contributed by atoms with Crippen molar-refractivity contribution in [1.82, 2.24) is 0 Å². The van der Waals surface area contributed by atoms with Crippen molar-refractivity contribution in [3.63, 3.8) is 0 Å². The molecular formula is C22H24Pt. The molecule has 0 fully saturated rings. The van der Waals surface area contributed by atoms with Gasteiger partial charge in [0, 0.05) is 0 Å². The second-order valence-electron chi connectivity index (χ2n) is 4.83. The van der Waals surface area contributed by atoms with Crippen LogP contribution < -0.4 is 0 Å². The third kappa shape index (κ3) is 5.63. The molecule has 0 amide bonds. The van der Waals surface area contributed by atoms with Gasteiger partial charge in [-0.15, -0.1) is 23.6 Å². The first-order valence-corrected chi connectivity index (χ1v) is 7.31. The fraction of sp³-hybridized carbons (Fsp3) is 0.136. The molecule has 0 unspecified atom stereocenters. The van der Waals surface area contributed by atoms with Gasteiger partial charge in [-0.2, -0.15) is 36.8 Å². The molecule has 0 N–H and O–H groups in total. The second kappa shape index (κ2) is 11.2. The van der Waals surface area contributed by atoms with Gasteiger partial charge < -0.3 is 21.3 Å². The van der Waals surface area contributed by atoms with Crippen molar-refractivity contribution in [3.05, 3.63) is 105 Å². The topological polar surface area (TPSA) is 0 Å². The average Bonchev–Trinajstić information content (AvgIpc) is 3.16. The Kier molecular flexibility index (Phi) is 10.5. The minimum atomic E-state index is 0. The van der Waals surface area contributed by atoms with Crippen LogP contribution in [-0.4, -0.2) is 0 Å². The van der Waals surface area contributed by atoms with Gasteiger partial charge in [0.2, 0.25) is 0 Å². The van der Waals surface area contributed by atoms with Crippen LogP contribution in [-0.2, 0) is 27.5 Å². The minimum Gasteiger partial charge on any atom is -0.358 e. The predicted octanol–water partition coefficient (Wildman–Crippen LogP) is 5.91. The monoisotopic (exact) mass is 483 g/mol. The molecule has 0 saturated carbocycles. The van der Waals surface area contributed by atoms with E-state index in [1.54, 1.807) is 6.92 Å². The maximum absolute atomic E-state index is 3.76. The summed E-state index contributed by atoms with van der Waals surface area (Å²) < 4.78 is 0. The molecular weight excluding hydrogens is 459 g/mol. The summed E-state index contributed by atoms with van der Waals surface area (Å²) in [5, 5.41) is 0. The summed E-state index contributed by atoms with van der Waals surface area (Å²) in [6.45, 7) is 8.76. The van der Waals surface area contributed by atoms with Gasteiger partial charge in [0.15, 0.2) is 0 Å². The first-order valence-electron chi connectivity index (χ1n) is 7.31. The third-order valence-electron chi connectivity index (χ3n) is 3.44. The molecule has 0 saturated heterocycles. The van der Waals surface area contributed by atoms with Crippen LogP contribution in [0.5, 0.6) is 0 Å². The Hall–Kier alpha value is -1.39. The van der Waals surface area contributed by atoms with Crippen LogP contribution in [0.3, 0.4) is 0 Å². The van der Waals surface area contributed by atoms with Crippen LogP contribution in [0.15, 0.2) is 66.8 Å². The van der Waals surface area contributed by atoms with E-state index in [0.29, 0.717) is 5.92 Å². The number of benzene rings is 2. The number of hydrogen-bond donors (Lipinski definition) is 0. The van der Waals surface area contributed by atoms with E-state index in [9.17, 15) is 0 Å². The second-order valence-corrected chi connectivity index (χ2v) is 4.83. The van der Waals surface area contributed by atoms with Crippen molar-refractivity contribution in [2.45, 2.75) is 13.3 Å². The smallest absolute Gasteiger partial charge is 0.358 e. The number of allylic oxidation sites excluding steroid dienone is 4. The standard InChI is InChI=1S/C13H9.C6H7.C2H5.CH3.Pt/c1-3-7-12-10(5-1)9-11-6-2-4-8-13(11)12;1-6-4-2-3-5-6;1-2;;/h1-5,7-8H,9H2;2-6H,1H2;1H2,2H3;1H3;/q4*-1;+4. The molecule has 2 aromatic rings. The first kappa shape index (κ1) is 21.6. The minimum absolute atomic E-state index is 0. The van der Waals surface area contributed by atoms with Gasteiger partial charge in [0.25, 0.3) is 0 Å². The molecule has 0 spiro atoms. The Balaban J connectivity index is 0.000000418. The normalized spacial score (nSPS) is 12.5. The summed E-state index contributed by atoms with van der Waals surface area (Å²) in [4.78, 5) is 0. The zero-order chi connectivity index (χ0) is 15.1. The Morgan fingerprint density at radius 1 is 0.957 bits per heavy atom. The molecule has 0 radical (unpaired) electrons. The average molecular weight is 484 g/mol. The molecule has 23 heavy (non-hydrogen) atoms. The molecule has 2 aromatic carbocycles. The molecule has 0 heterocycles. The zero-order valence-corrected chi connectivity index (χ0v) is 16.1. The van der Waals surface area contributed by atoms with Crippen molar-refractivity contribution < 1.29 is 21.1 Å². The van der Waals surface area contributed by atoms with Crippen LogP contribution in [0, 0.1) is 33.3 Å². The van der Waals surface area contributed by atoms with Crippen LogP contribution in [0.1, 0.15) is 18.1 Å². The van der Waals surface area contributed by atoms with Gasteiger partial charge in [-0.25, -0.2) is 0 Å². The van der Waals surface area contributed by atoms with E-state index in [1.807, 2.05) is 18.2 Å². The van der Waals surface area contributed by atoms with E-state index >= 15 is 0 Å². The molecule has 0 aromatic heterocycles. The molecule has 4 rings (SSSR count). The maximum Gasteiger partial charge on any atom is 4.00 e. The molecule has 0 aliphatic heterocycles. The van der Waals surface area contributed by atoms with Crippen LogP contribution >= 0.6 is 0 Å². The molecule has 2 aliphatic carbocycles. The van der Waals surface area contributed by atoms with Crippen LogP contribution in [0.25, 0.3) is 11.1 Å². The summed E-state index contributed by atoms with van der Waals surface area (Å²) in [5.74, 6) is 0.435. The summed E-state index contributed by atoms with van der Waals surface area (Å²) >= 11 is 0. The van der Waals surface area contributed by atoms with Gasteiger partial charge in [-0.05, 0) is 6.42 Å². The summed E-state index contributed by atoms with van der Waals surface area (Å²) in [6.07, 6.45) is 9.18. The fourth-order valence-corrected chi connectivity index (χ4v) is 2.48. The van der Waals surface area contributed by atoms with E-state index < -0.39 is 0 Å². The van der Waals surface area contributed by atoms with E-state index in [2.05, 4.69) is 68.5 Å². The Labute approximate surface area is 156 Å². The Bertz CT molecular complexity index is 582. The van der Waals surface area contributed by atoms with Gasteiger partial charge in [0.1, 0.15) is 0 Å². The Morgan fingerprint density at radius 3 is 2.17 bits per heavy atom. The van der Waals surface area contributed by atoms with E-state index in [0.717, 1.165) is 6.42 Å². The summed E-state index contributed by atoms with van der Waals surface area (Å²) in [6, 6.07) is 18.1. The molecule has 0 nitrogen and oxygen atoms in total. The van der Waals surface area contributed by atoms with Gasteiger partial charge in [0.05, 0.1) is 0 Å². The summed E-state index contributed by atoms with van der Waals surface area (Å²) in [5.41, 5.74) is 5.51. The van der Waals surface area contributed by atoms with Gasteiger partial charge in [-0.1, -0.05) is 47.5 Å². The molecule has 0 atom stereocenters. The molecule has 1 heteroatoms. The molecule has 122 valence electrons. The van der Waals surface area contributed by atoms with Crippen molar-refractivity contribution in [1.29, 1.82) is 0 Å². The first-order chi connectivity index (χ1) is 10.3. The van der Waals surface area contributed by atoms with Crippen molar-refractivity contribution in [2.24, 2.45) is 5.92 Å². The maximum atomic E-state index is 3.76. The number of hydrogen-bond acceptors (Lipinski definition) is 0. The SMILES string of the molecule is [CH2-]C.[CH2-]C1C=CC=C1.[CH3-].[Pt+4].[c-]1cccc2c1Cc1ccccc1-2. The van der Waals surface area contributed by atoms with Gasteiger partial charge >= 0.3 is 21.1 Å². The quantitative estimate of drug-likeness (QED) is 0.349. The third-order valence-corrected chi connectivity index (χ3v) is 3.44. The molecule has 0 bridgehead atoms. The predicted molar refractivity (Wildman–Crippen MR) is 98.1 cm³/mol. The number of fused-ring (bicyclic) bond motifs is 3. The van der Waals surface area contributed by atoms with Gasteiger partial charge in [-0.3, -0.25) is 0 Å². The Morgan fingerprint density at radius 2 is 1.57 bits per heavy atom. The fourth-order valence-electron chi connectivity index (χ4n) is 2.48. The van der Waals surface area contributed by atoms with Crippen molar-refractivity contribution >= 4 is 0 Å². The van der Waals surface area contributed by atoms with Crippen molar-refractivity contribution in [2.75, 3.05) is 0 Å². The van der Waals surface area contributed by atoms with E-state index in [-0.39, 0.29) is 28.5 Å². The number of rotatable bonds is 0. The van der Waals surface area contributed by atoms with Crippen LogP contribution in [0.4, 0.5) is 0 Å². The van der Waals surface area contributed by atoms with Crippen LogP contribution in [0.2, 0.25) is 0 Å². The van der Waals surface area contributed by atoms with E-state index in [4.69, 9.17) is 0 Å². The summed E-state index contributed by atoms with van der Waals surface area (Å²) in [7, 11) is 0. The zero-order valence-electron chi connectivity index (χ0n) is 13.9. The molecule has 2 aliphatic rings. The van der Waals surface area contributed by atoms with Crippen molar-refractivity contribution in [3.8, 4) is 11.1 Å². The largest absolute Gasteiger partial charge is 4.00 e. The van der Waals surface area contributed by atoms with E-state index in [1.165, 1.54) is 22.3 Å².